The van der Waals surface area contributed by atoms with Gasteiger partial charge in [0.05, 0.1) is 17.1 Å². The molecule has 0 saturated carbocycles. The van der Waals surface area contributed by atoms with Gasteiger partial charge in [0, 0.05) is 25.2 Å². The lowest BCUT2D eigenvalue weighted by atomic mass is 9.92. The number of nitrogens with zero attached hydrogens (tertiary/aromatic N) is 3. The number of fused-ring (bicyclic) bond motifs is 2. The number of hydrogen-bond acceptors (Lipinski definition) is 6. The summed E-state index contributed by atoms with van der Waals surface area (Å²) in [6, 6.07) is 24.7. The second-order valence-corrected chi connectivity index (χ2v) is 11.2. The van der Waals surface area contributed by atoms with E-state index in [1.54, 1.807) is 0 Å². The largest absolute Gasteiger partial charge is 0.295 e. The second-order valence-electron chi connectivity index (χ2n) is 9.33. The molecule has 2 aliphatic heterocycles. The van der Waals surface area contributed by atoms with E-state index >= 15 is 0 Å². The summed E-state index contributed by atoms with van der Waals surface area (Å²) in [6.07, 6.45) is 2.54. The first-order valence-corrected chi connectivity index (χ1v) is 13.6. The molecule has 0 aromatic heterocycles. The van der Waals surface area contributed by atoms with Gasteiger partial charge < -0.3 is 0 Å². The van der Waals surface area contributed by atoms with Crippen molar-refractivity contribution < 1.29 is 18.2 Å². The first kappa shape index (κ1) is 24.6. The molecule has 8 nitrogen and oxygen atoms in total. The summed E-state index contributed by atoms with van der Waals surface area (Å²) in [5, 5.41) is 13.7. The van der Waals surface area contributed by atoms with Gasteiger partial charge in [-0.15, -0.1) is 0 Å². The maximum absolute atomic E-state index is 14.1. The number of hydrogen-bond donors (Lipinski definition) is 0. The molecule has 9 heteroatoms. The molecule has 2 heterocycles. The Hall–Kier alpha value is -3.11. The molecule has 3 atom stereocenters. The molecule has 188 valence electrons. The zero-order valence-corrected chi connectivity index (χ0v) is 20.7. The highest BCUT2D eigenvalue weighted by Crippen LogP contribution is 2.37. The van der Waals surface area contributed by atoms with Crippen LogP contribution in [0.5, 0.6) is 0 Å². The van der Waals surface area contributed by atoms with Gasteiger partial charge >= 0.3 is 0 Å². The van der Waals surface area contributed by atoms with E-state index in [-0.39, 0.29) is 23.6 Å². The van der Waals surface area contributed by atoms with Crippen molar-refractivity contribution in [3.63, 3.8) is 0 Å². The number of hydroxylamine groups is 2. The minimum absolute atomic E-state index is 0.0212. The summed E-state index contributed by atoms with van der Waals surface area (Å²) in [5.74, 6) is 0. The molecule has 3 unspecified atom stereocenters. The van der Waals surface area contributed by atoms with Crippen LogP contribution >= 0.6 is 0 Å². The van der Waals surface area contributed by atoms with Crippen molar-refractivity contribution in [2.24, 2.45) is 0 Å². The summed E-state index contributed by atoms with van der Waals surface area (Å²) in [7, 11) is -4.16. The minimum Gasteiger partial charge on any atom is -0.295 e. The lowest BCUT2D eigenvalue weighted by molar-refractivity contribution is -0.387. The molecule has 0 radical (unpaired) electrons. The Kier molecular flexibility index (Phi) is 7.15. The number of rotatable bonds is 7. The fourth-order valence-electron chi connectivity index (χ4n) is 5.31. The van der Waals surface area contributed by atoms with E-state index in [9.17, 15) is 18.5 Å². The van der Waals surface area contributed by atoms with Crippen molar-refractivity contribution in [3.8, 4) is 0 Å². The third-order valence-corrected chi connectivity index (χ3v) is 8.97. The van der Waals surface area contributed by atoms with Crippen molar-refractivity contribution in [2.75, 3.05) is 6.54 Å². The van der Waals surface area contributed by atoms with Crippen LogP contribution < -0.4 is 0 Å². The summed E-state index contributed by atoms with van der Waals surface area (Å²) in [4.78, 5) is 17.2. The van der Waals surface area contributed by atoms with Crippen LogP contribution in [-0.2, 0) is 27.8 Å². The molecule has 0 N–H and O–H groups in total. The molecule has 2 aliphatic rings. The Morgan fingerprint density at radius 3 is 2.25 bits per heavy atom. The predicted octanol–water partition coefficient (Wildman–Crippen LogP) is 4.57. The van der Waals surface area contributed by atoms with Crippen LogP contribution in [0, 0.1) is 10.1 Å². The van der Waals surface area contributed by atoms with Gasteiger partial charge in [-0.1, -0.05) is 72.8 Å². The van der Waals surface area contributed by atoms with Crippen LogP contribution in [0.15, 0.2) is 89.8 Å². The standard InChI is InChI=1S/C27H29N3O5S/c31-30(32)24-15-7-8-16-27(24)36(33,34)29-17-9-14-23-19-25(26(29)18-21-10-3-1-4-11-21)28(35-23)20-22-12-5-2-6-13-22/h1-8,10-13,15-16,23,25-26H,9,14,17-20H2. The zero-order valence-electron chi connectivity index (χ0n) is 19.8. The topological polar surface area (TPSA) is 93.0 Å². The van der Waals surface area contributed by atoms with Crippen molar-refractivity contribution in [1.82, 2.24) is 9.37 Å². The summed E-state index contributed by atoms with van der Waals surface area (Å²) >= 11 is 0. The average molecular weight is 508 g/mol. The van der Waals surface area contributed by atoms with Gasteiger partial charge in [0.25, 0.3) is 5.69 Å². The molecule has 0 amide bonds. The van der Waals surface area contributed by atoms with Gasteiger partial charge in [0.15, 0.2) is 4.90 Å². The first-order chi connectivity index (χ1) is 17.4. The predicted molar refractivity (Wildman–Crippen MR) is 135 cm³/mol. The van der Waals surface area contributed by atoms with E-state index in [2.05, 4.69) is 0 Å². The van der Waals surface area contributed by atoms with E-state index in [0.29, 0.717) is 25.8 Å². The van der Waals surface area contributed by atoms with Crippen LogP contribution in [-0.4, -0.2) is 47.4 Å². The third kappa shape index (κ3) is 5.05. The van der Waals surface area contributed by atoms with Gasteiger partial charge in [-0.2, -0.15) is 9.37 Å². The highest BCUT2D eigenvalue weighted by atomic mass is 32.2. The molecule has 3 aromatic rings. The number of para-hydroxylation sites is 1. The van der Waals surface area contributed by atoms with Gasteiger partial charge in [-0.3, -0.25) is 15.0 Å². The van der Waals surface area contributed by atoms with Crippen molar-refractivity contribution >= 4 is 15.7 Å². The molecular weight excluding hydrogens is 478 g/mol. The fourth-order valence-corrected chi connectivity index (χ4v) is 7.16. The Morgan fingerprint density at radius 2 is 1.56 bits per heavy atom. The Labute approximate surface area is 211 Å². The lowest BCUT2D eigenvalue weighted by Crippen LogP contribution is -2.52. The van der Waals surface area contributed by atoms with Crippen LogP contribution in [0.1, 0.15) is 30.4 Å². The third-order valence-electron chi connectivity index (χ3n) is 6.99. The maximum Gasteiger partial charge on any atom is 0.289 e. The summed E-state index contributed by atoms with van der Waals surface area (Å²) < 4.78 is 29.7. The summed E-state index contributed by atoms with van der Waals surface area (Å²) in [5.41, 5.74) is 1.68. The zero-order chi connectivity index (χ0) is 25.1. The lowest BCUT2D eigenvalue weighted by Gasteiger charge is -2.38. The quantitative estimate of drug-likeness (QED) is 0.344. The first-order valence-electron chi connectivity index (χ1n) is 12.2. The summed E-state index contributed by atoms with van der Waals surface area (Å²) in [6.45, 7) is 0.814. The van der Waals surface area contributed by atoms with Gasteiger partial charge in [-0.05, 0) is 42.9 Å². The number of sulfonamides is 1. The molecule has 2 saturated heterocycles. The van der Waals surface area contributed by atoms with E-state index in [4.69, 9.17) is 4.84 Å². The normalized spacial score (nSPS) is 23.2. The molecule has 3 aromatic carbocycles. The van der Waals surface area contributed by atoms with Crippen molar-refractivity contribution in [1.29, 1.82) is 0 Å². The Morgan fingerprint density at radius 1 is 0.917 bits per heavy atom. The average Bonchev–Trinajstić information content (AvgIpc) is 3.30. The smallest absolute Gasteiger partial charge is 0.289 e. The number of benzene rings is 3. The fraction of sp³-hybridized carbons (Fsp3) is 0.333. The minimum atomic E-state index is -4.16. The van der Waals surface area contributed by atoms with Crippen LogP contribution in [0.2, 0.25) is 0 Å². The highest BCUT2D eigenvalue weighted by molar-refractivity contribution is 7.89. The monoisotopic (exact) mass is 507 g/mol. The van der Waals surface area contributed by atoms with Gasteiger partial charge in [0.1, 0.15) is 0 Å². The molecule has 0 aliphatic carbocycles. The molecule has 2 fully saturated rings. The van der Waals surface area contributed by atoms with Crippen molar-refractivity contribution in [3.05, 3.63) is 106 Å². The van der Waals surface area contributed by atoms with Crippen LogP contribution in [0.4, 0.5) is 5.69 Å². The van der Waals surface area contributed by atoms with E-state index in [1.165, 1.54) is 28.6 Å². The van der Waals surface area contributed by atoms with Gasteiger partial charge in [-0.25, -0.2) is 8.42 Å². The molecule has 2 bridgehead atoms. The van der Waals surface area contributed by atoms with E-state index in [0.717, 1.165) is 17.5 Å². The number of nitro groups is 1. The van der Waals surface area contributed by atoms with Crippen molar-refractivity contribution in [2.45, 2.75) is 55.3 Å². The van der Waals surface area contributed by atoms with E-state index < -0.39 is 26.7 Å². The van der Waals surface area contributed by atoms with Gasteiger partial charge in [0.2, 0.25) is 10.0 Å². The SMILES string of the molecule is O=[N+]([O-])c1ccccc1S(=O)(=O)N1CCCC2CC(C1Cc1ccccc1)N(Cc1ccccc1)O2. The highest BCUT2D eigenvalue weighted by Gasteiger charge is 2.46. The Bertz CT molecular complexity index is 1300. The van der Waals surface area contributed by atoms with Crippen LogP contribution in [0.3, 0.4) is 0 Å². The maximum atomic E-state index is 14.1. The second kappa shape index (κ2) is 10.5. The molecular formula is C27H29N3O5S. The molecule has 0 spiro atoms. The molecule has 36 heavy (non-hydrogen) atoms. The van der Waals surface area contributed by atoms with Crippen LogP contribution in [0.25, 0.3) is 0 Å². The van der Waals surface area contributed by atoms with E-state index in [1.807, 2.05) is 65.7 Å². The molecule has 5 rings (SSSR count). The Balaban J connectivity index is 1.57. The number of nitro benzene ring substituents is 1.